The smallest absolute Gasteiger partial charge is 0.407 e. The molecule has 3 rings (SSSR count). The van der Waals surface area contributed by atoms with Gasteiger partial charge in [0.15, 0.2) is 0 Å². The van der Waals surface area contributed by atoms with Crippen LogP contribution in [0, 0.1) is 5.92 Å². The van der Waals surface area contributed by atoms with Crippen molar-refractivity contribution in [3.63, 3.8) is 0 Å². The molecule has 2 aromatic rings. The fourth-order valence-electron chi connectivity index (χ4n) is 3.63. The second-order valence-corrected chi connectivity index (χ2v) is 8.56. The van der Waals surface area contributed by atoms with Crippen LogP contribution in [-0.4, -0.2) is 59.8 Å². The second kappa shape index (κ2) is 9.61. The first-order valence-electron chi connectivity index (χ1n) is 9.82. The molecular weight excluding hydrogens is 452 g/mol. The number of imidazole rings is 1. The number of hydrogen-bond donors (Lipinski definition) is 2. The lowest BCUT2D eigenvalue weighted by molar-refractivity contribution is -0.135. The molecule has 9 heteroatoms. The van der Waals surface area contributed by atoms with Gasteiger partial charge in [0.05, 0.1) is 31.1 Å². The third kappa shape index (κ3) is 4.84. The van der Waals surface area contributed by atoms with Gasteiger partial charge in [-0.25, -0.2) is 9.78 Å². The first-order chi connectivity index (χ1) is 14.3. The number of aromatic nitrogens is 2. The Kier molecular flexibility index (Phi) is 7.14. The summed E-state index contributed by atoms with van der Waals surface area (Å²) in [4.78, 5) is 34.7. The number of nitrogens with one attached hydrogen (secondary N) is 2. The number of amides is 2. The van der Waals surface area contributed by atoms with Crippen LogP contribution >= 0.6 is 15.9 Å². The molecule has 0 radical (unpaired) electrons. The van der Waals surface area contributed by atoms with Crippen LogP contribution in [0.15, 0.2) is 34.9 Å². The molecule has 0 aliphatic carbocycles. The highest BCUT2D eigenvalue weighted by Gasteiger charge is 2.41. The molecule has 1 aliphatic heterocycles. The number of methoxy groups -OCH3 is 2. The van der Waals surface area contributed by atoms with E-state index in [0.717, 1.165) is 15.7 Å². The van der Waals surface area contributed by atoms with Crippen molar-refractivity contribution < 1.29 is 19.1 Å². The third-order valence-electron chi connectivity index (χ3n) is 5.34. The van der Waals surface area contributed by atoms with Crippen LogP contribution in [-0.2, 0) is 14.3 Å². The lowest BCUT2D eigenvalue weighted by Crippen LogP contribution is -2.51. The summed E-state index contributed by atoms with van der Waals surface area (Å²) >= 11 is 3.44. The number of H-pyrrole nitrogens is 1. The van der Waals surface area contributed by atoms with Gasteiger partial charge < -0.3 is 24.7 Å². The van der Waals surface area contributed by atoms with E-state index in [1.54, 1.807) is 18.2 Å². The van der Waals surface area contributed by atoms with Gasteiger partial charge in [-0.3, -0.25) is 4.79 Å². The van der Waals surface area contributed by atoms with Crippen LogP contribution < -0.4 is 5.32 Å². The average molecular weight is 479 g/mol. The van der Waals surface area contributed by atoms with Gasteiger partial charge >= 0.3 is 6.09 Å². The maximum atomic E-state index is 13.4. The van der Waals surface area contributed by atoms with Crippen molar-refractivity contribution in [2.24, 2.45) is 5.92 Å². The van der Waals surface area contributed by atoms with Crippen molar-refractivity contribution >= 4 is 27.9 Å². The number of carbonyl (C=O) groups is 2. The molecule has 2 amide bonds. The van der Waals surface area contributed by atoms with Crippen LogP contribution in [0.2, 0.25) is 0 Å². The van der Waals surface area contributed by atoms with Crippen LogP contribution in [0.4, 0.5) is 4.79 Å². The van der Waals surface area contributed by atoms with Crippen molar-refractivity contribution in [1.29, 1.82) is 0 Å². The topological polar surface area (TPSA) is 96.6 Å². The zero-order chi connectivity index (χ0) is 21.8. The Morgan fingerprint density at radius 3 is 2.57 bits per heavy atom. The van der Waals surface area contributed by atoms with Crippen molar-refractivity contribution in [3.05, 3.63) is 40.8 Å². The summed E-state index contributed by atoms with van der Waals surface area (Å²) in [6.45, 7) is 4.20. The summed E-state index contributed by atoms with van der Waals surface area (Å²) in [5.41, 5.74) is 1.88. The van der Waals surface area contributed by atoms with Gasteiger partial charge in [0, 0.05) is 24.5 Å². The van der Waals surface area contributed by atoms with E-state index < -0.39 is 12.1 Å². The summed E-state index contributed by atoms with van der Waals surface area (Å²) in [5, 5.41) is 2.66. The number of ether oxygens (including phenoxy) is 2. The number of alkyl carbamates (subject to hydrolysis) is 1. The van der Waals surface area contributed by atoms with Crippen LogP contribution in [0.5, 0.6) is 0 Å². The van der Waals surface area contributed by atoms with Crippen molar-refractivity contribution in [3.8, 4) is 11.3 Å². The number of benzene rings is 1. The van der Waals surface area contributed by atoms with Crippen molar-refractivity contribution in [2.45, 2.75) is 38.5 Å². The maximum Gasteiger partial charge on any atom is 0.407 e. The summed E-state index contributed by atoms with van der Waals surface area (Å²) < 4.78 is 11.2. The molecule has 0 saturated carbocycles. The van der Waals surface area contributed by atoms with Gasteiger partial charge in [-0.15, -0.1) is 0 Å². The number of halogens is 1. The van der Waals surface area contributed by atoms with Crippen molar-refractivity contribution in [2.75, 3.05) is 20.8 Å². The minimum Gasteiger partial charge on any atom is -0.453 e. The number of carbonyl (C=O) groups excluding carboxylic acids is 2. The molecule has 3 atom stereocenters. The highest BCUT2D eigenvalue weighted by Crippen LogP contribution is 2.34. The largest absolute Gasteiger partial charge is 0.453 e. The molecule has 3 unspecified atom stereocenters. The van der Waals surface area contributed by atoms with Gasteiger partial charge in [-0.05, 0) is 23.6 Å². The molecule has 1 aromatic heterocycles. The number of likely N-dealkylation sites (tertiary alicyclic amines) is 1. The van der Waals surface area contributed by atoms with E-state index in [1.165, 1.54) is 7.11 Å². The molecule has 0 bridgehead atoms. The SMILES string of the molecule is COC(=O)NC(C(=O)N1CC(OC)CC1c1ncc(-c2ccc(Br)cc2)[nH]1)C(C)C. The van der Waals surface area contributed by atoms with Gasteiger partial charge in [-0.2, -0.15) is 0 Å². The first-order valence-corrected chi connectivity index (χ1v) is 10.6. The second-order valence-electron chi connectivity index (χ2n) is 7.65. The molecule has 2 N–H and O–H groups in total. The van der Waals surface area contributed by atoms with Crippen molar-refractivity contribution in [1.82, 2.24) is 20.2 Å². The van der Waals surface area contributed by atoms with E-state index in [0.29, 0.717) is 18.8 Å². The molecule has 0 spiro atoms. The summed E-state index contributed by atoms with van der Waals surface area (Å²) in [6, 6.07) is 6.95. The number of nitrogens with zero attached hydrogens (tertiary/aromatic N) is 2. The normalized spacial score (nSPS) is 19.7. The molecule has 162 valence electrons. The van der Waals surface area contributed by atoms with E-state index in [2.05, 4.69) is 31.2 Å². The third-order valence-corrected chi connectivity index (χ3v) is 5.87. The summed E-state index contributed by atoms with van der Waals surface area (Å²) in [7, 11) is 2.92. The van der Waals surface area contributed by atoms with E-state index in [9.17, 15) is 9.59 Å². The Labute approximate surface area is 184 Å². The molecule has 1 aliphatic rings. The van der Waals surface area contributed by atoms with Gasteiger partial charge in [0.2, 0.25) is 5.91 Å². The van der Waals surface area contributed by atoms with Crippen LogP contribution in [0.3, 0.4) is 0 Å². The molecule has 8 nitrogen and oxygen atoms in total. The van der Waals surface area contributed by atoms with Crippen LogP contribution in [0.1, 0.15) is 32.1 Å². The Morgan fingerprint density at radius 2 is 1.97 bits per heavy atom. The molecular formula is C21H27BrN4O4. The molecule has 1 fully saturated rings. The van der Waals surface area contributed by atoms with E-state index in [4.69, 9.17) is 9.47 Å². The lowest BCUT2D eigenvalue weighted by atomic mass is 10.0. The fourth-order valence-corrected chi connectivity index (χ4v) is 3.90. The number of aromatic amines is 1. The van der Waals surface area contributed by atoms with Gasteiger partial charge in [0.25, 0.3) is 0 Å². The minimum atomic E-state index is -0.698. The summed E-state index contributed by atoms with van der Waals surface area (Å²) in [6.07, 6.45) is 1.66. The Hall–Kier alpha value is -2.39. The zero-order valence-electron chi connectivity index (χ0n) is 17.5. The van der Waals surface area contributed by atoms with Gasteiger partial charge in [0.1, 0.15) is 11.9 Å². The standard InChI is InChI=1S/C21H27BrN4O4/c1-12(2)18(25-21(28)30-4)20(27)26-11-15(29-3)9-17(26)19-23-10-16(24-19)13-5-7-14(22)8-6-13/h5-8,10,12,15,17-18H,9,11H2,1-4H3,(H,23,24)(H,25,28). The fraction of sp³-hybridized carbons (Fsp3) is 0.476. The van der Waals surface area contributed by atoms with E-state index >= 15 is 0 Å². The lowest BCUT2D eigenvalue weighted by Gasteiger charge is -2.29. The highest BCUT2D eigenvalue weighted by molar-refractivity contribution is 9.10. The zero-order valence-corrected chi connectivity index (χ0v) is 19.1. The molecule has 30 heavy (non-hydrogen) atoms. The molecule has 1 aromatic carbocycles. The van der Waals surface area contributed by atoms with E-state index in [-0.39, 0.29) is 24.0 Å². The number of rotatable bonds is 6. The number of hydrogen-bond acceptors (Lipinski definition) is 5. The minimum absolute atomic E-state index is 0.103. The summed E-state index contributed by atoms with van der Waals surface area (Å²) in [5.74, 6) is 0.414. The van der Waals surface area contributed by atoms with E-state index in [1.807, 2.05) is 38.1 Å². The maximum absolute atomic E-state index is 13.4. The quantitative estimate of drug-likeness (QED) is 0.661. The molecule has 2 heterocycles. The predicted octanol–water partition coefficient (Wildman–Crippen LogP) is 3.51. The molecule has 1 saturated heterocycles. The Morgan fingerprint density at radius 1 is 1.27 bits per heavy atom. The van der Waals surface area contributed by atoms with Crippen LogP contribution in [0.25, 0.3) is 11.3 Å². The highest BCUT2D eigenvalue weighted by atomic mass is 79.9. The first kappa shape index (κ1) is 22.3. The Balaban J connectivity index is 1.86. The predicted molar refractivity (Wildman–Crippen MR) is 116 cm³/mol. The van der Waals surface area contributed by atoms with Gasteiger partial charge in [-0.1, -0.05) is 41.9 Å². The average Bonchev–Trinajstić information content (AvgIpc) is 3.38. The monoisotopic (exact) mass is 478 g/mol. The Bertz CT molecular complexity index is 883.